The molecule has 9 heteroatoms. The van der Waals surface area contributed by atoms with Crippen LogP contribution in [0.25, 0.3) is 0 Å². The molecule has 1 atom stereocenters. The molecule has 0 aliphatic rings. The zero-order chi connectivity index (χ0) is 11.4. The van der Waals surface area contributed by atoms with E-state index in [1.807, 2.05) is 0 Å². The second kappa shape index (κ2) is 7.18. The molecule has 0 aromatic rings. The Kier molecular flexibility index (Phi) is 8.25. The van der Waals surface area contributed by atoms with E-state index in [1.165, 1.54) is 7.05 Å². The summed E-state index contributed by atoms with van der Waals surface area (Å²) < 4.78 is 23.1. The van der Waals surface area contributed by atoms with E-state index in [0.29, 0.717) is 0 Å². The van der Waals surface area contributed by atoms with Crippen molar-refractivity contribution in [1.29, 1.82) is 0 Å². The molecule has 1 unspecified atom stereocenters. The molecule has 1 amide bonds. The van der Waals surface area contributed by atoms with Crippen LogP contribution >= 0.6 is 0 Å². The maximum atomic E-state index is 10.8. The minimum absolute atomic E-state index is 0. The Bertz CT molecular complexity index is 328. The first-order valence-electron chi connectivity index (χ1n) is 3.65. The standard InChI is InChI=1S/C6H12N2O5S.Na/c1-7-5(9)3-4(6(10)11)8-14(2,12)13;/h4,8H,3H2,1-2H3,(H,7,9)(H,10,11);/q;+1/p-1. The van der Waals surface area contributed by atoms with Crippen molar-refractivity contribution in [3.05, 3.63) is 0 Å². The fourth-order valence-electron chi connectivity index (χ4n) is 0.719. The van der Waals surface area contributed by atoms with Gasteiger partial charge in [0, 0.05) is 13.5 Å². The summed E-state index contributed by atoms with van der Waals surface area (Å²) in [5, 5.41) is 12.6. The number of carboxylic acids is 1. The smallest absolute Gasteiger partial charge is 0.548 e. The maximum Gasteiger partial charge on any atom is 1.00 e. The van der Waals surface area contributed by atoms with Gasteiger partial charge in [-0.25, -0.2) is 13.1 Å². The number of hydrogen-bond donors (Lipinski definition) is 2. The molecule has 0 rings (SSSR count). The molecule has 0 aliphatic heterocycles. The Balaban J connectivity index is 0. The van der Waals surface area contributed by atoms with Crippen molar-refractivity contribution >= 4 is 21.9 Å². The molecular weight excluding hydrogens is 235 g/mol. The van der Waals surface area contributed by atoms with Crippen molar-refractivity contribution in [3.63, 3.8) is 0 Å². The van der Waals surface area contributed by atoms with Gasteiger partial charge in [-0.15, -0.1) is 0 Å². The monoisotopic (exact) mass is 246 g/mol. The van der Waals surface area contributed by atoms with Crippen LogP contribution in [0.4, 0.5) is 0 Å². The first kappa shape index (κ1) is 17.3. The zero-order valence-corrected chi connectivity index (χ0v) is 11.6. The predicted molar refractivity (Wildman–Crippen MR) is 45.5 cm³/mol. The average Bonchev–Trinajstić information content (AvgIpc) is 2.00. The number of aliphatic carboxylic acids is 1. The van der Waals surface area contributed by atoms with Crippen LogP contribution in [0.2, 0.25) is 0 Å². The first-order valence-corrected chi connectivity index (χ1v) is 5.54. The number of nitrogens with one attached hydrogen (secondary N) is 2. The third kappa shape index (κ3) is 8.82. The van der Waals surface area contributed by atoms with Crippen LogP contribution in [0.5, 0.6) is 0 Å². The van der Waals surface area contributed by atoms with Gasteiger partial charge in [0.25, 0.3) is 0 Å². The third-order valence-electron chi connectivity index (χ3n) is 1.31. The van der Waals surface area contributed by atoms with Crippen LogP contribution in [0.15, 0.2) is 0 Å². The second-order valence-corrected chi connectivity index (χ2v) is 4.42. The van der Waals surface area contributed by atoms with Crippen molar-refractivity contribution < 1.29 is 52.7 Å². The van der Waals surface area contributed by atoms with Crippen LogP contribution in [-0.2, 0) is 19.6 Å². The van der Waals surface area contributed by atoms with Gasteiger partial charge in [-0.2, -0.15) is 0 Å². The van der Waals surface area contributed by atoms with Gasteiger partial charge in [0.2, 0.25) is 15.9 Å². The minimum Gasteiger partial charge on any atom is -0.548 e. The molecule has 0 bridgehead atoms. The summed E-state index contributed by atoms with van der Waals surface area (Å²) in [6.07, 6.45) is 0.304. The van der Waals surface area contributed by atoms with Gasteiger partial charge in [-0.1, -0.05) is 0 Å². The number of carboxylic acid groups (broad SMARTS) is 1. The number of carbonyl (C=O) groups excluding carboxylic acids is 2. The van der Waals surface area contributed by atoms with E-state index in [-0.39, 0.29) is 29.6 Å². The summed E-state index contributed by atoms with van der Waals surface area (Å²) in [4.78, 5) is 21.2. The van der Waals surface area contributed by atoms with E-state index in [2.05, 4.69) is 5.32 Å². The average molecular weight is 246 g/mol. The molecule has 0 aromatic carbocycles. The quantitative estimate of drug-likeness (QED) is 0.468. The summed E-state index contributed by atoms with van der Waals surface area (Å²) in [5.41, 5.74) is 0. The molecule has 0 radical (unpaired) electrons. The van der Waals surface area contributed by atoms with Gasteiger partial charge in [-0.05, 0) is 0 Å². The van der Waals surface area contributed by atoms with Crippen molar-refractivity contribution in [2.24, 2.45) is 0 Å². The van der Waals surface area contributed by atoms with Crippen LogP contribution < -0.4 is 44.7 Å². The Morgan fingerprint density at radius 1 is 1.40 bits per heavy atom. The number of hydrogen-bond acceptors (Lipinski definition) is 5. The normalized spacial score (nSPS) is 12.4. The number of rotatable bonds is 5. The molecule has 0 saturated heterocycles. The Morgan fingerprint density at radius 3 is 2.13 bits per heavy atom. The first-order chi connectivity index (χ1) is 6.26. The summed E-state index contributed by atoms with van der Waals surface area (Å²) in [6, 6.07) is -1.54. The largest absolute Gasteiger partial charge is 1.00 e. The summed E-state index contributed by atoms with van der Waals surface area (Å²) >= 11 is 0. The van der Waals surface area contributed by atoms with E-state index < -0.39 is 34.4 Å². The Labute approximate surface area is 110 Å². The fraction of sp³-hybridized carbons (Fsp3) is 0.667. The Morgan fingerprint density at radius 2 is 1.87 bits per heavy atom. The van der Waals surface area contributed by atoms with Gasteiger partial charge in [-0.3, -0.25) is 4.79 Å². The van der Waals surface area contributed by atoms with E-state index >= 15 is 0 Å². The molecule has 0 aromatic heterocycles. The second-order valence-electron chi connectivity index (χ2n) is 2.64. The number of amides is 1. The van der Waals surface area contributed by atoms with E-state index in [9.17, 15) is 23.1 Å². The third-order valence-corrected chi connectivity index (χ3v) is 2.02. The minimum atomic E-state index is -3.67. The summed E-state index contributed by atoms with van der Waals surface area (Å²) in [6.45, 7) is 0. The van der Waals surface area contributed by atoms with Crippen molar-refractivity contribution in [2.45, 2.75) is 12.5 Å². The number of carbonyl (C=O) groups is 2. The van der Waals surface area contributed by atoms with E-state index in [1.54, 1.807) is 4.72 Å². The predicted octanol–water partition coefficient (Wildman–Crippen LogP) is -6.21. The zero-order valence-electron chi connectivity index (χ0n) is 8.73. The molecule has 0 aliphatic carbocycles. The summed E-state index contributed by atoms with van der Waals surface area (Å²) in [7, 11) is -2.36. The van der Waals surface area contributed by atoms with Crippen LogP contribution in [0, 0.1) is 0 Å². The number of sulfonamides is 1. The topological polar surface area (TPSA) is 115 Å². The van der Waals surface area contributed by atoms with Crippen LogP contribution in [-0.4, -0.2) is 39.6 Å². The molecule has 0 spiro atoms. The molecule has 15 heavy (non-hydrogen) atoms. The van der Waals surface area contributed by atoms with Crippen molar-refractivity contribution in [3.8, 4) is 0 Å². The van der Waals surface area contributed by atoms with Crippen molar-refractivity contribution in [1.82, 2.24) is 10.0 Å². The SMILES string of the molecule is CNC(=O)CC(NS(C)(=O)=O)C(=O)[O-].[Na+]. The fourth-order valence-corrected chi connectivity index (χ4v) is 1.42. The molecule has 0 fully saturated rings. The Hall–Kier alpha value is -0.150. The van der Waals surface area contributed by atoms with Crippen LogP contribution in [0.3, 0.4) is 0 Å². The van der Waals surface area contributed by atoms with Crippen molar-refractivity contribution in [2.75, 3.05) is 13.3 Å². The van der Waals surface area contributed by atoms with Gasteiger partial charge in [0.15, 0.2) is 0 Å². The van der Waals surface area contributed by atoms with E-state index in [0.717, 1.165) is 6.26 Å². The van der Waals surface area contributed by atoms with Gasteiger partial charge >= 0.3 is 29.6 Å². The summed E-state index contributed by atoms with van der Waals surface area (Å²) in [5.74, 6) is -2.23. The van der Waals surface area contributed by atoms with Crippen LogP contribution in [0.1, 0.15) is 6.42 Å². The molecule has 0 heterocycles. The molecule has 7 nitrogen and oxygen atoms in total. The van der Waals surface area contributed by atoms with Gasteiger partial charge in [0.1, 0.15) is 0 Å². The van der Waals surface area contributed by atoms with Gasteiger partial charge < -0.3 is 15.2 Å². The molecule has 0 saturated carbocycles. The molecule has 2 N–H and O–H groups in total. The molecule has 82 valence electrons. The van der Waals surface area contributed by atoms with Gasteiger partial charge in [0.05, 0.1) is 18.3 Å². The molecular formula is C6H11N2NaO5S. The maximum absolute atomic E-state index is 10.8. The van der Waals surface area contributed by atoms with E-state index in [4.69, 9.17) is 0 Å².